The quantitative estimate of drug-likeness (QED) is 0.815. The standard InChI is InChI=1S/C17H33N3O/c1-14(2)12-18-13-16-8-4-5-11-20(16)15(3)17(21)19-9-6-7-10-19/h14-16,18H,4-13H2,1-3H3. The number of amides is 1. The summed E-state index contributed by atoms with van der Waals surface area (Å²) in [5, 5.41) is 3.58. The number of nitrogens with one attached hydrogen (secondary N) is 1. The second kappa shape index (κ2) is 8.14. The Kier molecular flexibility index (Phi) is 6.49. The van der Waals surface area contributed by atoms with Crippen LogP contribution in [0.15, 0.2) is 0 Å². The van der Waals surface area contributed by atoms with Crippen molar-refractivity contribution in [2.24, 2.45) is 5.92 Å². The zero-order valence-electron chi connectivity index (χ0n) is 14.1. The van der Waals surface area contributed by atoms with Gasteiger partial charge in [0, 0.05) is 25.7 Å². The normalized spacial score (nSPS) is 25.5. The van der Waals surface area contributed by atoms with Gasteiger partial charge in [-0.25, -0.2) is 0 Å². The Morgan fingerprint density at radius 1 is 1.10 bits per heavy atom. The highest BCUT2D eigenvalue weighted by atomic mass is 16.2. The summed E-state index contributed by atoms with van der Waals surface area (Å²) in [6.07, 6.45) is 6.12. The SMILES string of the molecule is CC(C)CNCC1CCCCN1C(C)C(=O)N1CCCC1. The lowest BCUT2D eigenvalue weighted by Crippen LogP contribution is -2.55. The fourth-order valence-corrected chi connectivity index (χ4v) is 3.63. The number of hydrogen-bond acceptors (Lipinski definition) is 3. The van der Waals surface area contributed by atoms with E-state index in [0.717, 1.165) is 32.7 Å². The molecule has 0 aromatic carbocycles. The highest BCUT2D eigenvalue weighted by Gasteiger charge is 2.33. The number of hydrogen-bond donors (Lipinski definition) is 1. The Morgan fingerprint density at radius 2 is 1.76 bits per heavy atom. The highest BCUT2D eigenvalue weighted by Crippen LogP contribution is 2.21. The van der Waals surface area contributed by atoms with Crippen LogP contribution in [0.25, 0.3) is 0 Å². The lowest BCUT2D eigenvalue weighted by Gasteiger charge is -2.40. The minimum absolute atomic E-state index is 0.0502. The van der Waals surface area contributed by atoms with E-state index in [-0.39, 0.29) is 6.04 Å². The highest BCUT2D eigenvalue weighted by molar-refractivity contribution is 5.81. The molecule has 4 nitrogen and oxygen atoms in total. The smallest absolute Gasteiger partial charge is 0.239 e. The minimum Gasteiger partial charge on any atom is -0.341 e. The van der Waals surface area contributed by atoms with Crippen LogP contribution in [0.2, 0.25) is 0 Å². The van der Waals surface area contributed by atoms with Gasteiger partial charge in [-0.3, -0.25) is 9.69 Å². The molecule has 0 aromatic heterocycles. The Morgan fingerprint density at radius 3 is 2.43 bits per heavy atom. The number of carbonyl (C=O) groups is 1. The van der Waals surface area contributed by atoms with Crippen molar-refractivity contribution >= 4 is 5.91 Å². The van der Waals surface area contributed by atoms with Crippen molar-refractivity contribution in [1.82, 2.24) is 15.1 Å². The summed E-state index contributed by atoms with van der Waals surface area (Å²) in [6.45, 7) is 11.7. The van der Waals surface area contributed by atoms with Gasteiger partial charge in [0.2, 0.25) is 5.91 Å². The Labute approximate surface area is 130 Å². The fraction of sp³-hybridized carbons (Fsp3) is 0.941. The van der Waals surface area contributed by atoms with Crippen molar-refractivity contribution in [2.45, 2.75) is 65.0 Å². The molecule has 2 aliphatic rings. The fourth-order valence-electron chi connectivity index (χ4n) is 3.63. The minimum atomic E-state index is 0.0502. The zero-order chi connectivity index (χ0) is 15.2. The second-order valence-electron chi connectivity index (χ2n) is 7.15. The third-order valence-corrected chi connectivity index (χ3v) is 4.88. The maximum atomic E-state index is 12.6. The topological polar surface area (TPSA) is 35.6 Å². The maximum absolute atomic E-state index is 12.6. The summed E-state index contributed by atoms with van der Waals surface area (Å²) in [7, 11) is 0. The molecule has 2 fully saturated rings. The molecule has 0 aliphatic carbocycles. The van der Waals surface area contributed by atoms with Crippen molar-refractivity contribution in [1.29, 1.82) is 0 Å². The van der Waals surface area contributed by atoms with E-state index in [2.05, 4.69) is 35.9 Å². The summed E-state index contributed by atoms with van der Waals surface area (Å²) < 4.78 is 0. The van der Waals surface area contributed by atoms with E-state index in [0.29, 0.717) is 17.9 Å². The molecule has 0 saturated carbocycles. The van der Waals surface area contributed by atoms with Crippen molar-refractivity contribution in [3.8, 4) is 0 Å². The number of likely N-dealkylation sites (tertiary alicyclic amines) is 2. The predicted molar refractivity (Wildman–Crippen MR) is 87.3 cm³/mol. The lowest BCUT2D eigenvalue weighted by molar-refractivity contribution is -0.136. The van der Waals surface area contributed by atoms with Crippen LogP contribution in [0.1, 0.15) is 52.9 Å². The Hall–Kier alpha value is -0.610. The lowest BCUT2D eigenvalue weighted by atomic mass is 9.99. The van der Waals surface area contributed by atoms with E-state index in [4.69, 9.17) is 0 Å². The predicted octanol–water partition coefficient (Wildman–Crippen LogP) is 2.10. The van der Waals surface area contributed by atoms with Gasteiger partial charge in [0.05, 0.1) is 6.04 Å². The van der Waals surface area contributed by atoms with E-state index in [1.54, 1.807) is 0 Å². The van der Waals surface area contributed by atoms with E-state index >= 15 is 0 Å². The van der Waals surface area contributed by atoms with Gasteiger partial charge in [-0.1, -0.05) is 20.3 Å². The molecule has 0 aromatic rings. The molecule has 0 spiro atoms. The van der Waals surface area contributed by atoms with Gasteiger partial charge in [0.25, 0.3) is 0 Å². The van der Waals surface area contributed by atoms with E-state index in [1.807, 2.05) is 0 Å². The van der Waals surface area contributed by atoms with Gasteiger partial charge in [-0.15, -0.1) is 0 Å². The maximum Gasteiger partial charge on any atom is 0.239 e. The van der Waals surface area contributed by atoms with Gasteiger partial charge in [0.1, 0.15) is 0 Å². The molecule has 2 saturated heterocycles. The third kappa shape index (κ3) is 4.68. The summed E-state index contributed by atoms with van der Waals surface area (Å²) in [4.78, 5) is 17.2. The summed E-state index contributed by atoms with van der Waals surface area (Å²) in [5.74, 6) is 1.04. The molecular weight excluding hydrogens is 262 g/mol. The molecule has 0 bridgehead atoms. The average molecular weight is 295 g/mol. The zero-order valence-corrected chi connectivity index (χ0v) is 14.1. The Bertz CT molecular complexity index is 326. The molecule has 2 rings (SSSR count). The van der Waals surface area contributed by atoms with Gasteiger partial charge in [-0.2, -0.15) is 0 Å². The number of rotatable bonds is 6. The molecule has 1 N–H and O–H groups in total. The molecule has 4 heteroatoms. The first-order valence-corrected chi connectivity index (χ1v) is 8.85. The first kappa shape index (κ1) is 16.8. The van der Waals surface area contributed by atoms with Crippen LogP contribution in [0.5, 0.6) is 0 Å². The van der Waals surface area contributed by atoms with Gasteiger partial charge >= 0.3 is 0 Å². The molecule has 2 aliphatic heterocycles. The average Bonchev–Trinajstić information content (AvgIpc) is 3.00. The number of nitrogens with zero attached hydrogens (tertiary/aromatic N) is 2. The molecule has 1 amide bonds. The van der Waals surface area contributed by atoms with E-state index in [9.17, 15) is 4.79 Å². The largest absolute Gasteiger partial charge is 0.341 e. The van der Waals surface area contributed by atoms with Crippen LogP contribution in [-0.2, 0) is 4.79 Å². The van der Waals surface area contributed by atoms with Gasteiger partial charge in [-0.05, 0) is 51.6 Å². The van der Waals surface area contributed by atoms with Crippen LogP contribution in [0.3, 0.4) is 0 Å². The number of piperidine rings is 1. The Balaban J connectivity index is 1.88. The number of carbonyl (C=O) groups excluding carboxylic acids is 1. The first-order chi connectivity index (χ1) is 10.1. The molecule has 122 valence electrons. The van der Waals surface area contributed by atoms with Crippen molar-refractivity contribution in [3.05, 3.63) is 0 Å². The molecular formula is C17H33N3O. The van der Waals surface area contributed by atoms with Gasteiger partial charge in [0.15, 0.2) is 0 Å². The third-order valence-electron chi connectivity index (χ3n) is 4.88. The summed E-state index contributed by atoms with van der Waals surface area (Å²) >= 11 is 0. The van der Waals surface area contributed by atoms with Crippen molar-refractivity contribution < 1.29 is 4.79 Å². The van der Waals surface area contributed by atoms with Crippen molar-refractivity contribution in [3.63, 3.8) is 0 Å². The molecule has 0 radical (unpaired) electrons. The van der Waals surface area contributed by atoms with Crippen LogP contribution >= 0.6 is 0 Å². The molecule has 2 atom stereocenters. The first-order valence-electron chi connectivity index (χ1n) is 8.85. The van der Waals surface area contributed by atoms with Crippen molar-refractivity contribution in [2.75, 3.05) is 32.7 Å². The van der Waals surface area contributed by atoms with Crippen LogP contribution in [-0.4, -0.2) is 60.5 Å². The molecule has 2 heterocycles. The second-order valence-corrected chi connectivity index (χ2v) is 7.15. The van der Waals surface area contributed by atoms with Crippen LogP contribution in [0.4, 0.5) is 0 Å². The monoisotopic (exact) mass is 295 g/mol. The van der Waals surface area contributed by atoms with E-state index < -0.39 is 0 Å². The van der Waals surface area contributed by atoms with E-state index in [1.165, 1.54) is 32.1 Å². The van der Waals surface area contributed by atoms with Crippen LogP contribution < -0.4 is 5.32 Å². The molecule has 2 unspecified atom stereocenters. The van der Waals surface area contributed by atoms with Crippen LogP contribution in [0, 0.1) is 5.92 Å². The summed E-state index contributed by atoms with van der Waals surface area (Å²) in [5.41, 5.74) is 0. The van der Waals surface area contributed by atoms with Gasteiger partial charge < -0.3 is 10.2 Å². The summed E-state index contributed by atoms with van der Waals surface area (Å²) in [6, 6.07) is 0.577. The molecule has 21 heavy (non-hydrogen) atoms.